The number of rotatable bonds is 8. The molecule has 0 heterocycles. The Hall–Kier alpha value is -0.370. The maximum atomic E-state index is 10.7. The molecule has 0 spiro atoms. The summed E-state index contributed by atoms with van der Waals surface area (Å²) in [6.45, 7) is 8.40. The van der Waals surface area contributed by atoms with E-state index < -0.39 is 0 Å². The summed E-state index contributed by atoms with van der Waals surface area (Å²) in [7, 11) is 2.14. The number of carbonyl (C=O) groups excluding carboxylic acids is 1. The van der Waals surface area contributed by atoms with Crippen LogP contribution in [0.15, 0.2) is 0 Å². The van der Waals surface area contributed by atoms with E-state index in [9.17, 15) is 4.79 Å². The summed E-state index contributed by atoms with van der Waals surface area (Å²) in [5, 5.41) is 0. The first-order valence-electron chi connectivity index (χ1n) is 5.70. The third kappa shape index (κ3) is 9.72. The van der Waals surface area contributed by atoms with Gasteiger partial charge in [-0.25, -0.2) is 0 Å². The molecule has 0 N–H and O–H groups in total. The molecule has 0 aliphatic carbocycles. The third-order valence-electron chi connectivity index (χ3n) is 2.39. The van der Waals surface area contributed by atoms with Crippen LogP contribution in [0.2, 0.25) is 0 Å². The Morgan fingerprint density at radius 3 is 2.29 bits per heavy atom. The molecule has 0 atom stereocenters. The second kappa shape index (κ2) is 7.98. The van der Waals surface area contributed by atoms with Crippen molar-refractivity contribution in [3.8, 4) is 0 Å². The predicted octanol–water partition coefficient (Wildman–Crippen LogP) is 2.72. The number of hydrogen-bond acceptors (Lipinski definition) is 2. The van der Waals surface area contributed by atoms with E-state index >= 15 is 0 Å². The number of carbonyl (C=O) groups is 1. The molecule has 0 saturated carbocycles. The van der Waals surface area contributed by atoms with E-state index in [-0.39, 0.29) is 0 Å². The summed E-state index contributed by atoms with van der Waals surface area (Å²) in [5.74, 6) is 1.11. The lowest BCUT2D eigenvalue weighted by atomic mass is 10.1. The van der Waals surface area contributed by atoms with Crippen LogP contribution < -0.4 is 0 Å². The van der Waals surface area contributed by atoms with Gasteiger partial charge in [-0.3, -0.25) is 0 Å². The van der Waals surface area contributed by atoms with E-state index in [0.29, 0.717) is 5.78 Å². The van der Waals surface area contributed by atoms with Gasteiger partial charge in [0.15, 0.2) is 0 Å². The summed E-state index contributed by atoms with van der Waals surface area (Å²) in [4.78, 5) is 13.0. The smallest absolute Gasteiger partial charge is 0.129 e. The van der Waals surface area contributed by atoms with Crippen LogP contribution in [-0.4, -0.2) is 30.8 Å². The minimum atomic E-state index is 0.306. The van der Waals surface area contributed by atoms with Crippen molar-refractivity contribution in [1.82, 2.24) is 4.90 Å². The maximum absolute atomic E-state index is 10.7. The monoisotopic (exact) mass is 199 g/mol. The Bertz CT molecular complexity index is 154. The van der Waals surface area contributed by atoms with Crippen molar-refractivity contribution >= 4 is 5.78 Å². The van der Waals surface area contributed by atoms with Crippen LogP contribution in [0.1, 0.15) is 46.5 Å². The number of ketones is 1. The Kier molecular flexibility index (Phi) is 7.77. The average Bonchev–Trinajstić information content (AvgIpc) is 2.02. The molecule has 0 saturated heterocycles. The van der Waals surface area contributed by atoms with Crippen molar-refractivity contribution in [2.75, 3.05) is 20.1 Å². The van der Waals surface area contributed by atoms with Gasteiger partial charge in [0, 0.05) is 6.42 Å². The molecule has 2 heteroatoms. The van der Waals surface area contributed by atoms with Crippen LogP contribution >= 0.6 is 0 Å². The fourth-order valence-electron chi connectivity index (χ4n) is 1.48. The average molecular weight is 199 g/mol. The van der Waals surface area contributed by atoms with Gasteiger partial charge in [0.25, 0.3) is 0 Å². The van der Waals surface area contributed by atoms with Crippen LogP contribution in [-0.2, 0) is 4.79 Å². The van der Waals surface area contributed by atoms with Crippen molar-refractivity contribution in [3.63, 3.8) is 0 Å². The van der Waals surface area contributed by atoms with Crippen molar-refractivity contribution in [2.45, 2.75) is 46.5 Å². The Balaban J connectivity index is 3.27. The zero-order valence-electron chi connectivity index (χ0n) is 10.2. The Labute approximate surface area is 88.7 Å². The van der Waals surface area contributed by atoms with Gasteiger partial charge in [0.1, 0.15) is 5.78 Å². The van der Waals surface area contributed by atoms with Crippen LogP contribution in [0.5, 0.6) is 0 Å². The second-order valence-corrected chi connectivity index (χ2v) is 4.64. The van der Waals surface area contributed by atoms with Crippen LogP contribution in [0, 0.1) is 5.92 Å². The van der Waals surface area contributed by atoms with Crippen molar-refractivity contribution < 1.29 is 4.79 Å². The predicted molar refractivity (Wildman–Crippen MR) is 61.5 cm³/mol. The van der Waals surface area contributed by atoms with Crippen molar-refractivity contribution in [3.05, 3.63) is 0 Å². The molecule has 84 valence electrons. The topological polar surface area (TPSA) is 20.3 Å². The SMILES string of the molecule is CC(=O)CCCN(C)CCCC(C)C. The van der Waals surface area contributed by atoms with Gasteiger partial charge in [-0.1, -0.05) is 13.8 Å². The molecule has 0 fully saturated rings. The van der Waals surface area contributed by atoms with Gasteiger partial charge in [0.05, 0.1) is 0 Å². The largest absolute Gasteiger partial charge is 0.306 e. The molecule has 14 heavy (non-hydrogen) atoms. The molecule has 0 aliphatic rings. The van der Waals surface area contributed by atoms with Gasteiger partial charge < -0.3 is 9.69 Å². The lowest BCUT2D eigenvalue weighted by Gasteiger charge is -2.16. The molecular weight excluding hydrogens is 174 g/mol. The fraction of sp³-hybridized carbons (Fsp3) is 0.917. The molecule has 0 amide bonds. The van der Waals surface area contributed by atoms with Gasteiger partial charge in [-0.05, 0) is 52.2 Å². The van der Waals surface area contributed by atoms with E-state index in [0.717, 1.165) is 31.8 Å². The number of Topliss-reactive ketones (excluding diaryl/α,β-unsaturated/α-hetero) is 1. The highest BCUT2D eigenvalue weighted by atomic mass is 16.1. The molecule has 0 aromatic heterocycles. The van der Waals surface area contributed by atoms with Gasteiger partial charge in [-0.15, -0.1) is 0 Å². The van der Waals surface area contributed by atoms with Gasteiger partial charge >= 0.3 is 0 Å². The summed E-state index contributed by atoms with van der Waals surface area (Å²) in [5.41, 5.74) is 0. The third-order valence-corrected chi connectivity index (χ3v) is 2.39. The molecule has 2 nitrogen and oxygen atoms in total. The first-order chi connectivity index (χ1) is 6.52. The van der Waals surface area contributed by atoms with Gasteiger partial charge in [-0.2, -0.15) is 0 Å². The lowest BCUT2D eigenvalue weighted by molar-refractivity contribution is -0.117. The normalized spacial score (nSPS) is 11.3. The standard InChI is InChI=1S/C12H25NO/c1-11(2)7-5-9-13(4)10-6-8-12(3)14/h11H,5-10H2,1-4H3. The molecule has 0 aliphatic heterocycles. The van der Waals surface area contributed by atoms with E-state index in [4.69, 9.17) is 0 Å². The van der Waals surface area contributed by atoms with E-state index in [1.54, 1.807) is 6.92 Å². The van der Waals surface area contributed by atoms with Crippen LogP contribution in [0.25, 0.3) is 0 Å². The van der Waals surface area contributed by atoms with E-state index in [2.05, 4.69) is 25.8 Å². The summed E-state index contributed by atoms with van der Waals surface area (Å²) in [6.07, 6.45) is 4.31. The van der Waals surface area contributed by atoms with Crippen LogP contribution in [0.4, 0.5) is 0 Å². The number of hydrogen-bond donors (Lipinski definition) is 0. The summed E-state index contributed by atoms with van der Waals surface area (Å²) >= 11 is 0. The highest BCUT2D eigenvalue weighted by molar-refractivity contribution is 5.75. The minimum Gasteiger partial charge on any atom is -0.306 e. The van der Waals surface area contributed by atoms with E-state index in [1.807, 2.05) is 0 Å². The number of nitrogens with zero attached hydrogens (tertiary/aromatic N) is 1. The van der Waals surface area contributed by atoms with Crippen molar-refractivity contribution in [1.29, 1.82) is 0 Å². The maximum Gasteiger partial charge on any atom is 0.129 e. The highest BCUT2D eigenvalue weighted by Crippen LogP contribution is 2.04. The Morgan fingerprint density at radius 2 is 1.79 bits per heavy atom. The highest BCUT2D eigenvalue weighted by Gasteiger charge is 2.00. The zero-order valence-corrected chi connectivity index (χ0v) is 10.2. The first-order valence-corrected chi connectivity index (χ1v) is 5.70. The molecule has 0 bridgehead atoms. The lowest BCUT2D eigenvalue weighted by Crippen LogP contribution is -2.21. The summed E-state index contributed by atoms with van der Waals surface area (Å²) in [6, 6.07) is 0. The minimum absolute atomic E-state index is 0.306. The second-order valence-electron chi connectivity index (χ2n) is 4.64. The molecular formula is C12H25NO. The fourth-order valence-corrected chi connectivity index (χ4v) is 1.48. The molecule has 0 rings (SSSR count). The van der Waals surface area contributed by atoms with E-state index in [1.165, 1.54) is 12.8 Å². The molecule has 0 unspecified atom stereocenters. The first kappa shape index (κ1) is 13.6. The Morgan fingerprint density at radius 1 is 1.21 bits per heavy atom. The van der Waals surface area contributed by atoms with Crippen LogP contribution in [0.3, 0.4) is 0 Å². The quantitative estimate of drug-likeness (QED) is 0.599. The zero-order chi connectivity index (χ0) is 11.0. The molecule has 0 radical (unpaired) electrons. The molecule has 0 aromatic carbocycles. The molecule has 0 aromatic rings. The van der Waals surface area contributed by atoms with Crippen molar-refractivity contribution in [2.24, 2.45) is 5.92 Å². The van der Waals surface area contributed by atoms with Gasteiger partial charge in [0.2, 0.25) is 0 Å². The summed E-state index contributed by atoms with van der Waals surface area (Å²) < 4.78 is 0.